The Balaban J connectivity index is 2.06. The Morgan fingerprint density at radius 3 is 2.48 bits per heavy atom. The molecular weight excluding hydrogens is 326 g/mol. The SMILES string of the molecule is Cc1cn([C@H]2C3CC[C@@H]3[C@@H](CO)N2C(=O)OC(C)(C)C)c(=O)[nH]c1=O. The van der Waals surface area contributed by atoms with E-state index in [0.29, 0.717) is 5.56 Å². The van der Waals surface area contributed by atoms with Crippen molar-refractivity contribution in [3.8, 4) is 0 Å². The lowest BCUT2D eigenvalue weighted by Crippen LogP contribution is -2.47. The topological polar surface area (TPSA) is 105 Å². The average molecular weight is 351 g/mol. The van der Waals surface area contributed by atoms with Gasteiger partial charge in [-0.25, -0.2) is 9.59 Å². The molecule has 4 atom stereocenters. The van der Waals surface area contributed by atoms with E-state index in [0.717, 1.165) is 12.8 Å². The van der Waals surface area contributed by atoms with Crippen molar-refractivity contribution in [2.24, 2.45) is 11.8 Å². The molecule has 2 aliphatic rings. The lowest BCUT2D eigenvalue weighted by atomic mass is 9.72. The molecule has 1 aromatic rings. The van der Waals surface area contributed by atoms with Gasteiger partial charge in [0.1, 0.15) is 11.8 Å². The first-order chi connectivity index (χ1) is 11.6. The molecule has 0 radical (unpaired) electrons. The van der Waals surface area contributed by atoms with E-state index in [2.05, 4.69) is 4.98 Å². The molecule has 25 heavy (non-hydrogen) atoms. The number of carbonyl (C=O) groups excluding carboxylic acids is 1. The Kier molecular flexibility index (Phi) is 4.26. The zero-order valence-electron chi connectivity index (χ0n) is 15.0. The van der Waals surface area contributed by atoms with Crippen molar-refractivity contribution in [2.45, 2.75) is 58.3 Å². The number of aromatic amines is 1. The Morgan fingerprint density at radius 2 is 1.96 bits per heavy atom. The van der Waals surface area contributed by atoms with Gasteiger partial charge in [0, 0.05) is 17.7 Å². The van der Waals surface area contributed by atoms with Crippen LogP contribution >= 0.6 is 0 Å². The van der Waals surface area contributed by atoms with Gasteiger partial charge in [-0.15, -0.1) is 0 Å². The van der Waals surface area contributed by atoms with Gasteiger partial charge in [0.25, 0.3) is 5.56 Å². The number of carbonyl (C=O) groups is 1. The molecule has 1 aliphatic carbocycles. The van der Waals surface area contributed by atoms with E-state index in [1.807, 2.05) is 0 Å². The van der Waals surface area contributed by atoms with E-state index in [-0.39, 0.29) is 18.4 Å². The number of aliphatic hydroxyl groups excluding tert-OH is 1. The first kappa shape index (κ1) is 17.7. The van der Waals surface area contributed by atoms with Crippen LogP contribution in [-0.2, 0) is 4.74 Å². The van der Waals surface area contributed by atoms with Crippen molar-refractivity contribution in [1.82, 2.24) is 14.5 Å². The van der Waals surface area contributed by atoms with Gasteiger partial charge in [-0.1, -0.05) is 0 Å². The summed E-state index contributed by atoms with van der Waals surface area (Å²) in [5.74, 6) is 0.189. The van der Waals surface area contributed by atoms with E-state index in [1.165, 1.54) is 15.7 Å². The zero-order chi connectivity index (χ0) is 18.5. The highest BCUT2D eigenvalue weighted by molar-refractivity contribution is 5.69. The summed E-state index contributed by atoms with van der Waals surface area (Å²) in [6.45, 7) is 6.75. The van der Waals surface area contributed by atoms with E-state index in [4.69, 9.17) is 4.74 Å². The normalized spacial score (nSPS) is 28.4. The molecule has 1 saturated carbocycles. The summed E-state index contributed by atoms with van der Waals surface area (Å²) in [5, 5.41) is 9.84. The fourth-order valence-corrected chi connectivity index (χ4v) is 3.91. The van der Waals surface area contributed by atoms with Crippen LogP contribution in [0.5, 0.6) is 0 Å². The van der Waals surface area contributed by atoms with Crippen molar-refractivity contribution in [3.05, 3.63) is 32.6 Å². The van der Waals surface area contributed by atoms with Crippen LogP contribution in [0.3, 0.4) is 0 Å². The largest absolute Gasteiger partial charge is 0.444 e. The summed E-state index contributed by atoms with van der Waals surface area (Å²) in [6, 6.07) is -0.391. The van der Waals surface area contributed by atoms with Gasteiger partial charge in [0.05, 0.1) is 12.6 Å². The molecule has 8 heteroatoms. The van der Waals surface area contributed by atoms with Crippen LogP contribution in [0, 0.1) is 18.8 Å². The minimum atomic E-state index is -0.685. The Hall–Kier alpha value is -2.09. The maximum absolute atomic E-state index is 12.8. The van der Waals surface area contributed by atoms with E-state index in [1.54, 1.807) is 27.7 Å². The molecule has 1 unspecified atom stereocenters. The number of nitrogens with one attached hydrogen (secondary N) is 1. The summed E-state index contributed by atoms with van der Waals surface area (Å²) >= 11 is 0. The number of likely N-dealkylation sites (tertiary alicyclic amines) is 1. The van der Waals surface area contributed by atoms with Crippen LogP contribution in [0.1, 0.15) is 45.3 Å². The summed E-state index contributed by atoms with van der Waals surface area (Å²) < 4.78 is 6.91. The third-order valence-electron chi connectivity index (χ3n) is 5.12. The number of ether oxygens (including phenoxy) is 1. The van der Waals surface area contributed by atoms with Gasteiger partial charge >= 0.3 is 11.8 Å². The molecule has 2 N–H and O–H groups in total. The number of hydrogen-bond donors (Lipinski definition) is 2. The summed E-state index contributed by atoms with van der Waals surface area (Å²) in [6.07, 6.45) is 2.12. The molecule has 1 saturated heterocycles. The maximum Gasteiger partial charge on any atom is 0.412 e. The van der Waals surface area contributed by atoms with Gasteiger partial charge in [0.15, 0.2) is 0 Å². The van der Waals surface area contributed by atoms with Crippen molar-refractivity contribution in [3.63, 3.8) is 0 Å². The monoisotopic (exact) mass is 351 g/mol. The third-order valence-corrected chi connectivity index (χ3v) is 5.12. The molecule has 0 bridgehead atoms. The van der Waals surface area contributed by atoms with Crippen LogP contribution in [-0.4, -0.2) is 43.9 Å². The van der Waals surface area contributed by atoms with Crippen LogP contribution in [0.25, 0.3) is 0 Å². The number of H-pyrrole nitrogens is 1. The lowest BCUT2D eigenvalue weighted by Gasteiger charge is -2.34. The average Bonchev–Trinajstić information content (AvgIpc) is 2.67. The number of aromatic nitrogens is 2. The van der Waals surface area contributed by atoms with Crippen molar-refractivity contribution < 1.29 is 14.6 Å². The van der Waals surface area contributed by atoms with Crippen LogP contribution in [0.2, 0.25) is 0 Å². The molecule has 3 rings (SSSR count). The van der Waals surface area contributed by atoms with Gasteiger partial charge < -0.3 is 9.84 Å². The molecule has 0 aromatic carbocycles. The van der Waals surface area contributed by atoms with E-state index >= 15 is 0 Å². The Morgan fingerprint density at radius 1 is 1.32 bits per heavy atom. The molecule has 1 aliphatic heterocycles. The zero-order valence-corrected chi connectivity index (χ0v) is 15.0. The number of amides is 1. The van der Waals surface area contributed by atoms with Gasteiger partial charge in [-0.3, -0.25) is 19.2 Å². The fraction of sp³-hybridized carbons (Fsp3) is 0.706. The van der Waals surface area contributed by atoms with Crippen LogP contribution < -0.4 is 11.2 Å². The standard InChI is InChI=1S/C17H25N3O5/c1-9-7-19(15(23)18-13(9)22)14-11-6-5-10(11)12(8-21)20(14)16(24)25-17(2,3)4/h7,10-12,14,21H,5-6,8H2,1-4H3,(H,18,22,23)/t10-,11?,12+,14+/m0/s1. The number of rotatable bonds is 2. The van der Waals surface area contributed by atoms with Gasteiger partial charge in [-0.2, -0.15) is 0 Å². The third kappa shape index (κ3) is 2.99. The molecule has 138 valence electrons. The first-order valence-electron chi connectivity index (χ1n) is 8.58. The number of hydrogen-bond acceptors (Lipinski definition) is 5. The summed E-state index contributed by atoms with van der Waals surface area (Å²) in [5.41, 5.74) is -1.28. The summed E-state index contributed by atoms with van der Waals surface area (Å²) in [7, 11) is 0. The van der Waals surface area contributed by atoms with E-state index < -0.39 is 35.2 Å². The molecule has 2 heterocycles. The molecule has 1 amide bonds. The van der Waals surface area contributed by atoms with Crippen molar-refractivity contribution in [1.29, 1.82) is 0 Å². The van der Waals surface area contributed by atoms with Crippen molar-refractivity contribution in [2.75, 3.05) is 6.61 Å². The second-order valence-electron chi connectivity index (χ2n) is 7.93. The Labute approximate surface area is 145 Å². The first-order valence-corrected chi connectivity index (χ1v) is 8.58. The highest BCUT2D eigenvalue weighted by atomic mass is 16.6. The molecule has 2 fully saturated rings. The van der Waals surface area contributed by atoms with Gasteiger partial charge in [0.2, 0.25) is 0 Å². The second kappa shape index (κ2) is 6.01. The highest BCUT2D eigenvalue weighted by Gasteiger charge is 2.56. The Bertz CT molecular complexity index is 791. The fourth-order valence-electron chi connectivity index (χ4n) is 3.91. The minimum absolute atomic E-state index is 0.0627. The molecule has 0 spiro atoms. The van der Waals surface area contributed by atoms with Crippen LogP contribution in [0.15, 0.2) is 15.8 Å². The number of aryl methyl sites for hydroxylation is 1. The molecular formula is C17H25N3O5. The number of fused-ring (bicyclic) bond motifs is 1. The summed E-state index contributed by atoms with van der Waals surface area (Å²) in [4.78, 5) is 40.6. The van der Waals surface area contributed by atoms with Crippen molar-refractivity contribution >= 4 is 6.09 Å². The number of nitrogens with zero attached hydrogens (tertiary/aromatic N) is 2. The van der Waals surface area contributed by atoms with E-state index in [9.17, 15) is 19.5 Å². The second-order valence-corrected chi connectivity index (χ2v) is 7.93. The highest BCUT2D eigenvalue weighted by Crippen LogP contribution is 2.53. The quantitative estimate of drug-likeness (QED) is 0.826. The van der Waals surface area contributed by atoms with Gasteiger partial charge in [-0.05, 0) is 46.5 Å². The lowest BCUT2D eigenvalue weighted by molar-refractivity contribution is -0.00208. The predicted octanol–water partition coefficient (Wildman–Crippen LogP) is 0.981. The number of aliphatic hydroxyl groups is 1. The maximum atomic E-state index is 12.8. The minimum Gasteiger partial charge on any atom is -0.444 e. The predicted molar refractivity (Wildman–Crippen MR) is 90.3 cm³/mol. The smallest absolute Gasteiger partial charge is 0.412 e. The molecule has 1 aromatic heterocycles. The van der Waals surface area contributed by atoms with Crippen LogP contribution in [0.4, 0.5) is 4.79 Å². The molecule has 8 nitrogen and oxygen atoms in total.